The molecule has 1 amide bonds. The van der Waals surface area contributed by atoms with Crippen LogP contribution in [0.15, 0.2) is 22.8 Å². The van der Waals surface area contributed by atoms with E-state index < -0.39 is 0 Å². The zero-order chi connectivity index (χ0) is 18.7. The number of aryl methyl sites for hydroxylation is 1. The zero-order valence-electron chi connectivity index (χ0n) is 15.1. The van der Waals surface area contributed by atoms with E-state index in [0.717, 1.165) is 16.8 Å². The average Bonchev–Trinajstić information content (AvgIpc) is 3.10. The largest absolute Gasteiger partial charge is 0.467 e. The lowest BCUT2D eigenvalue weighted by molar-refractivity contribution is -0.123. The maximum Gasteiger partial charge on any atom is 0.258 e. The van der Waals surface area contributed by atoms with Crippen LogP contribution in [0.1, 0.15) is 42.0 Å². The van der Waals surface area contributed by atoms with Crippen molar-refractivity contribution in [2.45, 2.75) is 45.9 Å². The second-order valence-corrected chi connectivity index (χ2v) is 6.82. The molecule has 0 radical (unpaired) electrons. The number of aromatic nitrogens is 1. The lowest BCUT2D eigenvalue weighted by Gasteiger charge is -2.33. The third-order valence-electron chi connectivity index (χ3n) is 4.29. The van der Waals surface area contributed by atoms with Crippen LogP contribution in [0.25, 0.3) is 0 Å². The third kappa shape index (κ3) is 3.86. The summed E-state index contributed by atoms with van der Waals surface area (Å²) in [4.78, 5) is 16.3. The van der Waals surface area contributed by atoms with E-state index >= 15 is 0 Å². The van der Waals surface area contributed by atoms with E-state index in [9.17, 15) is 10.1 Å². The van der Waals surface area contributed by atoms with Crippen LogP contribution in [0.3, 0.4) is 0 Å². The normalized spacial score (nSPS) is 15.0. The number of nitriles is 1. The molecule has 26 heavy (non-hydrogen) atoms. The molecular formula is C19H21N3O4. The van der Waals surface area contributed by atoms with Gasteiger partial charge in [-0.1, -0.05) is 0 Å². The van der Waals surface area contributed by atoms with Crippen molar-refractivity contribution >= 4 is 5.91 Å². The molecule has 0 saturated carbocycles. The predicted molar refractivity (Wildman–Crippen MR) is 92.3 cm³/mol. The van der Waals surface area contributed by atoms with Crippen LogP contribution in [0, 0.1) is 18.3 Å². The quantitative estimate of drug-likeness (QED) is 0.884. The maximum absolute atomic E-state index is 12.0. The fourth-order valence-electron chi connectivity index (χ4n) is 2.91. The predicted octanol–water partition coefficient (Wildman–Crippen LogP) is 2.40. The Morgan fingerprint density at radius 3 is 2.96 bits per heavy atom. The first-order valence-corrected chi connectivity index (χ1v) is 8.38. The summed E-state index contributed by atoms with van der Waals surface area (Å²) in [5.41, 5.74) is 2.59. The summed E-state index contributed by atoms with van der Waals surface area (Å²) in [5.74, 6) is 0.529. The lowest BCUT2D eigenvalue weighted by Crippen LogP contribution is -2.33. The number of nitrogens with one attached hydrogen (secondary N) is 1. The molecule has 0 unspecified atom stereocenters. The minimum absolute atomic E-state index is 0.189. The van der Waals surface area contributed by atoms with Crippen molar-refractivity contribution in [1.29, 1.82) is 5.26 Å². The van der Waals surface area contributed by atoms with E-state index in [0.29, 0.717) is 24.4 Å². The highest BCUT2D eigenvalue weighted by Crippen LogP contribution is 2.34. The summed E-state index contributed by atoms with van der Waals surface area (Å²) in [7, 11) is 0. The molecule has 2 aromatic heterocycles. The standard InChI is InChI=1S/C19H21N3O4/c1-12-16-10-26-19(2,3)7-14(16)15(8-20)18(22-12)25-11-17(23)21-9-13-5-4-6-24-13/h4-6H,7,9-11H2,1-3H3,(H,21,23). The number of pyridine rings is 1. The van der Waals surface area contributed by atoms with Crippen molar-refractivity contribution in [2.24, 2.45) is 0 Å². The molecule has 3 heterocycles. The molecule has 0 aliphatic carbocycles. The van der Waals surface area contributed by atoms with Gasteiger partial charge in [0.1, 0.15) is 17.4 Å². The Balaban J connectivity index is 1.73. The number of furan rings is 1. The molecule has 0 saturated heterocycles. The van der Waals surface area contributed by atoms with Crippen molar-refractivity contribution < 1.29 is 18.7 Å². The molecule has 2 aromatic rings. The van der Waals surface area contributed by atoms with E-state index in [4.69, 9.17) is 13.9 Å². The molecule has 1 aliphatic rings. The van der Waals surface area contributed by atoms with Gasteiger partial charge in [0.05, 0.1) is 25.0 Å². The fourth-order valence-corrected chi connectivity index (χ4v) is 2.91. The number of carbonyl (C=O) groups excluding carboxylic acids is 1. The van der Waals surface area contributed by atoms with Gasteiger partial charge in [0.15, 0.2) is 6.61 Å². The Morgan fingerprint density at radius 1 is 1.46 bits per heavy atom. The van der Waals surface area contributed by atoms with Crippen LogP contribution < -0.4 is 10.1 Å². The molecule has 0 atom stereocenters. The first-order chi connectivity index (χ1) is 12.4. The van der Waals surface area contributed by atoms with Gasteiger partial charge in [-0.3, -0.25) is 4.79 Å². The molecule has 0 spiro atoms. The Morgan fingerprint density at radius 2 is 2.27 bits per heavy atom. The van der Waals surface area contributed by atoms with Gasteiger partial charge < -0.3 is 19.2 Å². The molecule has 7 nitrogen and oxygen atoms in total. The minimum Gasteiger partial charge on any atom is -0.467 e. The number of amides is 1. The van der Waals surface area contributed by atoms with Crippen LogP contribution in [-0.4, -0.2) is 23.1 Å². The molecule has 0 bridgehead atoms. The summed E-state index contributed by atoms with van der Waals surface area (Å²) >= 11 is 0. The van der Waals surface area contributed by atoms with Crippen LogP contribution in [0.5, 0.6) is 5.88 Å². The molecule has 0 fully saturated rings. The van der Waals surface area contributed by atoms with Crippen molar-refractivity contribution in [1.82, 2.24) is 10.3 Å². The van der Waals surface area contributed by atoms with Gasteiger partial charge in [0.25, 0.3) is 5.91 Å². The first kappa shape index (κ1) is 18.0. The SMILES string of the molecule is Cc1nc(OCC(=O)NCc2ccco2)c(C#N)c2c1COC(C)(C)C2. The number of hydrogen-bond acceptors (Lipinski definition) is 6. The van der Waals surface area contributed by atoms with Crippen LogP contribution in [-0.2, 0) is 29.1 Å². The van der Waals surface area contributed by atoms with Gasteiger partial charge in [-0.25, -0.2) is 4.98 Å². The van der Waals surface area contributed by atoms with E-state index in [2.05, 4.69) is 16.4 Å². The van der Waals surface area contributed by atoms with Gasteiger partial charge in [-0.2, -0.15) is 5.26 Å². The van der Waals surface area contributed by atoms with E-state index in [1.54, 1.807) is 18.4 Å². The highest BCUT2D eigenvalue weighted by atomic mass is 16.5. The van der Waals surface area contributed by atoms with Crippen molar-refractivity contribution in [2.75, 3.05) is 6.61 Å². The molecular weight excluding hydrogens is 334 g/mol. The Hall–Kier alpha value is -2.85. The smallest absolute Gasteiger partial charge is 0.258 e. The van der Waals surface area contributed by atoms with Gasteiger partial charge in [-0.05, 0) is 38.5 Å². The number of fused-ring (bicyclic) bond motifs is 1. The Labute approximate surface area is 151 Å². The third-order valence-corrected chi connectivity index (χ3v) is 4.29. The van der Waals surface area contributed by atoms with Crippen molar-refractivity contribution in [3.8, 4) is 11.9 Å². The number of rotatable bonds is 5. The number of ether oxygens (including phenoxy) is 2. The van der Waals surface area contributed by atoms with Crippen molar-refractivity contribution in [3.63, 3.8) is 0 Å². The number of nitrogens with zero attached hydrogens (tertiary/aromatic N) is 2. The molecule has 136 valence electrons. The Bertz CT molecular complexity index is 851. The monoisotopic (exact) mass is 355 g/mol. The summed E-state index contributed by atoms with van der Waals surface area (Å²) < 4.78 is 16.5. The second kappa shape index (κ2) is 7.18. The van der Waals surface area contributed by atoms with Crippen LogP contribution in [0.2, 0.25) is 0 Å². The highest BCUT2D eigenvalue weighted by molar-refractivity contribution is 5.77. The summed E-state index contributed by atoms with van der Waals surface area (Å²) in [5, 5.41) is 12.3. The molecule has 1 aliphatic heterocycles. The first-order valence-electron chi connectivity index (χ1n) is 8.38. The average molecular weight is 355 g/mol. The molecule has 3 rings (SSSR count). The van der Waals surface area contributed by atoms with Crippen LogP contribution >= 0.6 is 0 Å². The maximum atomic E-state index is 12.0. The van der Waals surface area contributed by atoms with Gasteiger partial charge in [0, 0.05) is 17.7 Å². The molecule has 1 N–H and O–H groups in total. The van der Waals surface area contributed by atoms with E-state index in [1.807, 2.05) is 20.8 Å². The minimum atomic E-state index is -0.357. The van der Waals surface area contributed by atoms with Gasteiger partial charge >= 0.3 is 0 Å². The lowest BCUT2D eigenvalue weighted by atomic mass is 9.88. The van der Waals surface area contributed by atoms with E-state index in [1.165, 1.54) is 0 Å². The number of carbonyl (C=O) groups is 1. The van der Waals surface area contributed by atoms with Crippen LogP contribution in [0.4, 0.5) is 0 Å². The van der Waals surface area contributed by atoms with Gasteiger partial charge in [-0.15, -0.1) is 0 Å². The topological polar surface area (TPSA) is 97.4 Å². The summed E-state index contributed by atoms with van der Waals surface area (Å²) in [6.07, 6.45) is 2.14. The van der Waals surface area contributed by atoms with Gasteiger partial charge in [0.2, 0.25) is 5.88 Å². The second-order valence-electron chi connectivity index (χ2n) is 6.82. The molecule has 0 aromatic carbocycles. The van der Waals surface area contributed by atoms with E-state index in [-0.39, 0.29) is 30.5 Å². The summed E-state index contributed by atoms with van der Waals surface area (Å²) in [6.45, 7) is 6.29. The molecule has 7 heteroatoms. The summed E-state index contributed by atoms with van der Waals surface area (Å²) in [6, 6.07) is 5.70. The highest BCUT2D eigenvalue weighted by Gasteiger charge is 2.31. The fraction of sp³-hybridized carbons (Fsp3) is 0.421. The Kier molecular flexibility index (Phi) is 4.96. The zero-order valence-corrected chi connectivity index (χ0v) is 15.1. The van der Waals surface area contributed by atoms with Crippen molar-refractivity contribution in [3.05, 3.63) is 46.5 Å². The number of hydrogen-bond donors (Lipinski definition) is 1.